The number of likely N-dealkylation sites (tertiary alicyclic amines) is 1. The molecule has 216 valence electrons. The number of piperidine rings is 1. The summed E-state index contributed by atoms with van der Waals surface area (Å²) in [5.41, 5.74) is 4.30. The quantitative estimate of drug-likeness (QED) is 0.531. The number of carboxylic acid groups (broad SMARTS) is 2. The van der Waals surface area contributed by atoms with Gasteiger partial charge in [-0.1, -0.05) is 12.1 Å². The first kappa shape index (κ1) is 31.8. The van der Waals surface area contributed by atoms with Gasteiger partial charge in [0.2, 0.25) is 0 Å². The van der Waals surface area contributed by atoms with Crippen molar-refractivity contribution in [1.82, 2.24) is 14.8 Å². The van der Waals surface area contributed by atoms with Crippen LogP contribution in [0.5, 0.6) is 5.75 Å². The van der Waals surface area contributed by atoms with E-state index in [1.54, 1.807) is 7.11 Å². The molecule has 0 saturated carbocycles. The molecule has 0 atom stereocenters. The number of nitrogens with zero attached hydrogens (tertiary/aromatic N) is 3. The maximum Gasteiger partial charge on any atom is 0.490 e. The topological polar surface area (TPSA) is 103 Å². The molecule has 1 saturated heterocycles. The average molecular weight is 566 g/mol. The van der Waals surface area contributed by atoms with Crippen molar-refractivity contribution in [2.45, 2.75) is 43.7 Å². The summed E-state index contributed by atoms with van der Waals surface area (Å²) >= 11 is 0. The summed E-state index contributed by atoms with van der Waals surface area (Å²) in [6.07, 6.45) is -4.82. The Bertz CT molecular complexity index is 1080. The Balaban J connectivity index is 0.000000317. The number of likely N-dealkylation sites (N-methyl/N-ethyl adjacent to an activating group) is 1. The van der Waals surface area contributed by atoms with Gasteiger partial charge in [0.25, 0.3) is 0 Å². The number of hydrogen-bond donors (Lipinski definition) is 2. The van der Waals surface area contributed by atoms with E-state index in [1.807, 2.05) is 12.3 Å². The highest BCUT2D eigenvalue weighted by molar-refractivity contribution is 5.73. The summed E-state index contributed by atoms with van der Waals surface area (Å²) in [7, 11) is 4.05. The SMILES string of the molecule is COc1ccc2c(c1)C1(CCN(Cc3ccccn3)CC1)N(C)CC2.O=C(O)C(F)(F)F.O=C(O)C(F)(F)F. The zero-order chi connectivity index (χ0) is 29.4. The van der Waals surface area contributed by atoms with Gasteiger partial charge in [0, 0.05) is 37.9 Å². The van der Waals surface area contributed by atoms with Crippen molar-refractivity contribution in [2.24, 2.45) is 0 Å². The number of benzene rings is 1. The van der Waals surface area contributed by atoms with E-state index in [1.165, 1.54) is 11.1 Å². The van der Waals surface area contributed by atoms with Gasteiger partial charge >= 0.3 is 24.3 Å². The van der Waals surface area contributed by atoms with Gasteiger partial charge in [0.1, 0.15) is 5.75 Å². The molecule has 1 fully saturated rings. The highest BCUT2D eigenvalue weighted by Crippen LogP contribution is 2.44. The van der Waals surface area contributed by atoms with Crippen LogP contribution < -0.4 is 4.74 Å². The van der Waals surface area contributed by atoms with Crippen LogP contribution in [0.2, 0.25) is 0 Å². The zero-order valence-electron chi connectivity index (χ0n) is 21.2. The number of hydrogen-bond acceptors (Lipinski definition) is 6. The summed E-state index contributed by atoms with van der Waals surface area (Å²) in [6, 6.07) is 12.8. The summed E-state index contributed by atoms with van der Waals surface area (Å²) in [5, 5.41) is 14.2. The van der Waals surface area contributed by atoms with E-state index in [-0.39, 0.29) is 5.54 Å². The minimum atomic E-state index is -5.08. The molecule has 1 aromatic heterocycles. The molecular weight excluding hydrogens is 536 g/mol. The van der Waals surface area contributed by atoms with Gasteiger partial charge < -0.3 is 14.9 Å². The number of fused-ring (bicyclic) bond motifs is 2. The van der Waals surface area contributed by atoms with Gasteiger partial charge in [0.15, 0.2) is 0 Å². The lowest BCUT2D eigenvalue weighted by molar-refractivity contribution is -0.193. The van der Waals surface area contributed by atoms with Crippen LogP contribution in [-0.4, -0.2) is 83.1 Å². The van der Waals surface area contributed by atoms with Crippen molar-refractivity contribution >= 4 is 11.9 Å². The van der Waals surface area contributed by atoms with Crippen LogP contribution >= 0.6 is 0 Å². The number of methoxy groups -OCH3 is 1. The minimum Gasteiger partial charge on any atom is -0.497 e. The molecule has 0 amide bonds. The first-order valence-electron chi connectivity index (χ1n) is 11.7. The summed E-state index contributed by atoms with van der Waals surface area (Å²) in [4.78, 5) is 27.4. The van der Waals surface area contributed by atoms with Crippen LogP contribution in [0.15, 0.2) is 42.6 Å². The number of aromatic nitrogens is 1. The fraction of sp³-hybridized carbons (Fsp3) is 0.480. The van der Waals surface area contributed by atoms with Gasteiger partial charge in [-0.2, -0.15) is 26.3 Å². The molecule has 0 aliphatic carbocycles. The van der Waals surface area contributed by atoms with Gasteiger partial charge in [-0.25, -0.2) is 9.59 Å². The third-order valence-electron chi connectivity index (χ3n) is 6.55. The van der Waals surface area contributed by atoms with Gasteiger partial charge in [0.05, 0.1) is 12.8 Å². The van der Waals surface area contributed by atoms with Crippen molar-refractivity contribution in [1.29, 1.82) is 0 Å². The second kappa shape index (κ2) is 13.1. The number of carboxylic acids is 2. The molecule has 14 heteroatoms. The third kappa shape index (κ3) is 8.82. The molecule has 2 aromatic rings. The number of alkyl halides is 6. The minimum absolute atomic E-state index is 0.155. The number of halogens is 6. The standard InChI is InChI=1S/C21H27N3O.2C2HF3O2/c1-23-12-8-17-6-7-19(25-2)15-20(17)21(23)9-13-24(14-10-21)16-18-5-3-4-11-22-18;2*3-2(4,5)1(6)7/h3-7,11,15H,8-10,12-14,16H2,1-2H3;2*(H,6,7). The number of ether oxygens (including phenoxy) is 1. The Hall–Kier alpha value is -3.39. The smallest absolute Gasteiger partial charge is 0.490 e. The molecule has 0 unspecified atom stereocenters. The van der Waals surface area contributed by atoms with E-state index in [0.29, 0.717) is 0 Å². The average Bonchev–Trinajstić information content (AvgIpc) is 2.87. The van der Waals surface area contributed by atoms with Crippen LogP contribution in [0, 0.1) is 0 Å². The Labute approximate surface area is 220 Å². The fourth-order valence-electron chi connectivity index (χ4n) is 4.49. The molecule has 2 aliphatic rings. The molecule has 4 rings (SSSR count). The Morgan fingerprint density at radius 2 is 1.54 bits per heavy atom. The maximum atomic E-state index is 10.6. The first-order valence-corrected chi connectivity index (χ1v) is 11.7. The zero-order valence-corrected chi connectivity index (χ0v) is 21.2. The Morgan fingerprint density at radius 3 is 2.00 bits per heavy atom. The van der Waals surface area contributed by atoms with Crippen LogP contribution in [0.3, 0.4) is 0 Å². The molecule has 3 heterocycles. The monoisotopic (exact) mass is 565 g/mol. The number of aliphatic carboxylic acids is 2. The first-order chi connectivity index (χ1) is 18.1. The molecule has 2 aliphatic heterocycles. The molecule has 2 N–H and O–H groups in total. The number of rotatable bonds is 3. The van der Waals surface area contributed by atoms with E-state index < -0.39 is 24.3 Å². The summed E-state index contributed by atoms with van der Waals surface area (Å²) in [6.45, 7) is 4.31. The van der Waals surface area contributed by atoms with Crippen LogP contribution in [0.1, 0.15) is 29.7 Å². The van der Waals surface area contributed by atoms with Crippen molar-refractivity contribution < 1.29 is 50.9 Å². The van der Waals surface area contributed by atoms with Gasteiger partial charge in [-0.3, -0.25) is 14.8 Å². The van der Waals surface area contributed by atoms with Gasteiger partial charge in [-0.15, -0.1) is 0 Å². The fourth-order valence-corrected chi connectivity index (χ4v) is 4.49. The van der Waals surface area contributed by atoms with E-state index >= 15 is 0 Å². The molecule has 1 aromatic carbocycles. The molecular formula is C25H29F6N3O5. The molecule has 8 nitrogen and oxygen atoms in total. The van der Waals surface area contributed by atoms with E-state index in [2.05, 4.69) is 52.2 Å². The summed E-state index contributed by atoms with van der Waals surface area (Å²) < 4.78 is 69.0. The van der Waals surface area contributed by atoms with Gasteiger partial charge in [-0.05, 0) is 61.7 Å². The van der Waals surface area contributed by atoms with Crippen molar-refractivity contribution in [2.75, 3.05) is 33.8 Å². The van der Waals surface area contributed by atoms with Crippen molar-refractivity contribution in [3.8, 4) is 5.75 Å². The largest absolute Gasteiger partial charge is 0.497 e. The third-order valence-corrected chi connectivity index (χ3v) is 6.55. The van der Waals surface area contributed by atoms with E-state index in [4.69, 9.17) is 24.5 Å². The maximum absolute atomic E-state index is 10.6. The van der Waals surface area contributed by atoms with E-state index in [0.717, 1.165) is 56.9 Å². The van der Waals surface area contributed by atoms with E-state index in [9.17, 15) is 26.3 Å². The van der Waals surface area contributed by atoms with Crippen LogP contribution in [0.4, 0.5) is 26.3 Å². The Morgan fingerprint density at radius 1 is 0.974 bits per heavy atom. The normalized spacial score (nSPS) is 17.1. The second-order valence-corrected chi connectivity index (χ2v) is 8.93. The predicted molar refractivity (Wildman–Crippen MR) is 127 cm³/mol. The highest BCUT2D eigenvalue weighted by Gasteiger charge is 2.43. The number of pyridine rings is 1. The summed E-state index contributed by atoms with van der Waals surface area (Å²) in [5.74, 6) is -4.54. The number of carbonyl (C=O) groups is 2. The highest BCUT2D eigenvalue weighted by atomic mass is 19.4. The van der Waals surface area contributed by atoms with Crippen molar-refractivity contribution in [3.63, 3.8) is 0 Å². The molecule has 0 radical (unpaired) electrons. The lowest BCUT2D eigenvalue weighted by Gasteiger charge is -2.51. The van der Waals surface area contributed by atoms with Crippen molar-refractivity contribution in [3.05, 3.63) is 59.4 Å². The lowest BCUT2D eigenvalue weighted by Crippen LogP contribution is -2.54. The Kier molecular flexibility index (Phi) is 10.7. The lowest BCUT2D eigenvalue weighted by atomic mass is 9.74. The predicted octanol–water partition coefficient (Wildman–Crippen LogP) is 4.34. The molecule has 1 spiro atoms. The molecule has 0 bridgehead atoms. The molecule has 39 heavy (non-hydrogen) atoms. The van der Waals surface area contributed by atoms with Crippen LogP contribution in [-0.2, 0) is 28.1 Å². The van der Waals surface area contributed by atoms with Crippen LogP contribution in [0.25, 0.3) is 0 Å². The second-order valence-electron chi connectivity index (χ2n) is 8.93.